The highest BCUT2D eigenvalue weighted by Crippen LogP contribution is 2.16. The first-order chi connectivity index (χ1) is 8.27. The number of nitrogens with zero attached hydrogens (tertiary/aromatic N) is 2. The number of carbonyl (C=O) groups is 1. The topological polar surface area (TPSA) is 75.1 Å². The van der Waals surface area contributed by atoms with Crippen molar-refractivity contribution < 1.29 is 9.90 Å². The Morgan fingerprint density at radius 3 is 3.00 bits per heavy atom. The molecule has 0 fully saturated rings. The molecule has 88 valence electrons. The highest BCUT2D eigenvalue weighted by molar-refractivity contribution is 7.12. The van der Waals surface area contributed by atoms with Crippen LogP contribution in [0.4, 0.5) is 0 Å². The lowest BCUT2D eigenvalue weighted by Crippen LogP contribution is -2.15. The van der Waals surface area contributed by atoms with Gasteiger partial charge in [-0.15, -0.1) is 11.3 Å². The molecule has 2 rings (SSSR count). The lowest BCUT2D eigenvalue weighted by atomic mass is 10.2. The van der Waals surface area contributed by atoms with Crippen molar-refractivity contribution in [3.63, 3.8) is 0 Å². The molecule has 2 aromatic heterocycles. The zero-order chi connectivity index (χ0) is 12.1. The van der Waals surface area contributed by atoms with Crippen molar-refractivity contribution in [1.82, 2.24) is 15.5 Å². The molecule has 0 aromatic carbocycles. The number of hydrogen-bond acceptors (Lipinski definition) is 5. The fourth-order valence-corrected chi connectivity index (χ4v) is 2.18. The molecular formula is C11H11N3O2S. The van der Waals surface area contributed by atoms with Gasteiger partial charge >= 0.3 is 5.97 Å². The average molecular weight is 249 g/mol. The van der Waals surface area contributed by atoms with Gasteiger partial charge in [0.1, 0.15) is 4.88 Å². The monoisotopic (exact) mass is 249 g/mol. The summed E-state index contributed by atoms with van der Waals surface area (Å²) in [5.74, 6) is -0.878. The maximum absolute atomic E-state index is 10.9. The highest BCUT2D eigenvalue weighted by atomic mass is 32.1. The molecule has 0 aliphatic rings. The van der Waals surface area contributed by atoms with E-state index in [4.69, 9.17) is 5.11 Å². The number of aromatic carboxylic acids is 1. The molecule has 2 N–H and O–H groups in total. The van der Waals surface area contributed by atoms with E-state index in [1.165, 1.54) is 11.3 Å². The number of rotatable bonds is 5. The predicted octanol–water partition coefficient (Wildman–Crippen LogP) is 1.53. The lowest BCUT2D eigenvalue weighted by molar-refractivity contribution is 0.0701. The molecule has 0 bridgehead atoms. The quantitative estimate of drug-likeness (QED) is 0.840. The molecule has 0 saturated heterocycles. The first kappa shape index (κ1) is 11.7. The van der Waals surface area contributed by atoms with Crippen LogP contribution in [0.15, 0.2) is 29.8 Å². The molecule has 17 heavy (non-hydrogen) atoms. The average Bonchev–Trinajstić information content (AvgIpc) is 2.79. The Bertz CT molecular complexity index is 498. The second-order valence-electron chi connectivity index (χ2n) is 3.40. The molecule has 0 spiro atoms. The van der Waals surface area contributed by atoms with E-state index < -0.39 is 5.97 Å². The molecule has 0 unspecified atom stereocenters. The second-order valence-corrected chi connectivity index (χ2v) is 4.31. The molecule has 5 nitrogen and oxygen atoms in total. The largest absolute Gasteiger partial charge is 0.477 e. The van der Waals surface area contributed by atoms with Crippen LogP contribution in [0.5, 0.6) is 0 Å². The van der Waals surface area contributed by atoms with Gasteiger partial charge in [0, 0.05) is 19.3 Å². The fraction of sp³-hybridized carbons (Fsp3) is 0.182. The van der Waals surface area contributed by atoms with E-state index in [1.54, 1.807) is 11.6 Å². The maximum atomic E-state index is 10.9. The van der Waals surface area contributed by atoms with Crippen LogP contribution in [0.1, 0.15) is 20.9 Å². The predicted molar refractivity (Wildman–Crippen MR) is 63.9 cm³/mol. The highest BCUT2D eigenvalue weighted by Gasteiger charge is 2.10. The van der Waals surface area contributed by atoms with Crippen molar-refractivity contribution in [1.29, 1.82) is 0 Å². The Labute approximate surface area is 102 Å². The van der Waals surface area contributed by atoms with Crippen molar-refractivity contribution in [2.24, 2.45) is 0 Å². The number of aromatic nitrogens is 2. The Balaban J connectivity index is 1.90. The van der Waals surface area contributed by atoms with Gasteiger partial charge in [-0.2, -0.15) is 10.2 Å². The zero-order valence-corrected chi connectivity index (χ0v) is 9.78. The molecule has 2 heterocycles. The molecule has 0 atom stereocenters. The van der Waals surface area contributed by atoms with Gasteiger partial charge in [0.2, 0.25) is 0 Å². The van der Waals surface area contributed by atoms with Gasteiger partial charge in [-0.25, -0.2) is 4.79 Å². The SMILES string of the molecule is O=C(O)c1sccc1CNCc1cccnn1. The number of hydrogen-bond donors (Lipinski definition) is 2. The first-order valence-electron chi connectivity index (χ1n) is 5.04. The van der Waals surface area contributed by atoms with E-state index in [9.17, 15) is 4.79 Å². The number of nitrogens with one attached hydrogen (secondary N) is 1. The minimum Gasteiger partial charge on any atom is -0.477 e. The van der Waals surface area contributed by atoms with E-state index >= 15 is 0 Å². The molecule has 0 amide bonds. The molecule has 0 radical (unpaired) electrons. The summed E-state index contributed by atoms with van der Waals surface area (Å²) in [5, 5.41) is 21.5. The standard InChI is InChI=1S/C11H11N3O2S/c15-11(16)10-8(3-5-17-10)6-12-7-9-2-1-4-13-14-9/h1-5,12H,6-7H2,(H,15,16). The van der Waals surface area contributed by atoms with Gasteiger partial charge in [-0.1, -0.05) is 0 Å². The fourth-order valence-electron chi connectivity index (χ4n) is 1.42. The third-order valence-electron chi connectivity index (χ3n) is 2.19. The summed E-state index contributed by atoms with van der Waals surface area (Å²) in [6, 6.07) is 5.50. The van der Waals surface area contributed by atoms with Crippen LogP contribution in [0, 0.1) is 0 Å². The van der Waals surface area contributed by atoms with Crippen molar-refractivity contribution in [2.75, 3.05) is 0 Å². The van der Waals surface area contributed by atoms with E-state index in [1.807, 2.05) is 18.2 Å². The third-order valence-corrected chi connectivity index (χ3v) is 3.13. The molecule has 6 heteroatoms. The van der Waals surface area contributed by atoms with E-state index in [-0.39, 0.29) is 0 Å². The van der Waals surface area contributed by atoms with Crippen molar-refractivity contribution >= 4 is 17.3 Å². The van der Waals surface area contributed by atoms with Crippen LogP contribution in [-0.4, -0.2) is 21.3 Å². The maximum Gasteiger partial charge on any atom is 0.346 e. The van der Waals surface area contributed by atoms with Gasteiger partial charge in [-0.05, 0) is 29.1 Å². The van der Waals surface area contributed by atoms with E-state index in [0.29, 0.717) is 18.0 Å². The second kappa shape index (κ2) is 5.51. The van der Waals surface area contributed by atoms with Gasteiger partial charge < -0.3 is 10.4 Å². The zero-order valence-electron chi connectivity index (χ0n) is 8.96. The Hall–Kier alpha value is -1.79. The van der Waals surface area contributed by atoms with Crippen LogP contribution in [0.2, 0.25) is 0 Å². The van der Waals surface area contributed by atoms with Gasteiger partial charge in [0.15, 0.2) is 0 Å². The van der Waals surface area contributed by atoms with E-state index in [0.717, 1.165) is 11.3 Å². The van der Waals surface area contributed by atoms with Gasteiger partial charge in [-0.3, -0.25) is 0 Å². The summed E-state index contributed by atoms with van der Waals surface area (Å²) in [5.41, 5.74) is 1.63. The van der Waals surface area contributed by atoms with Crippen LogP contribution in [-0.2, 0) is 13.1 Å². The molecule has 0 aliphatic heterocycles. The number of carboxylic acid groups (broad SMARTS) is 1. The third kappa shape index (κ3) is 3.08. The minimum absolute atomic E-state index is 0.386. The van der Waals surface area contributed by atoms with Gasteiger partial charge in [0.05, 0.1) is 5.69 Å². The van der Waals surface area contributed by atoms with Crippen LogP contribution < -0.4 is 5.32 Å². The van der Waals surface area contributed by atoms with Crippen LogP contribution in [0.3, 0.4) is 0 Å². The van der Waals surface area contributed by atoms with Crippen molar-refractivity contribution in [3.05, 3.63) is 45.9 Å². The summed E-state index contributed by atoms with van der Waals surface area (Å²) < 4.78 is 0. The summed E-state index contributed by atoms with van der Waals surface area (Å²) >= 11 is 1.24. The number of carboxylic acids is 1. The normalized spacial score (nSPS) is 10.4. The molecule has 2 aromatic rings. The van der Waals surface area contributed by atoms with Crippen LogP contribution >= 0.6 is 11.3 Å². The lowest BCUT2D eigenvalue weighted by Gasteiger charge is -2.03. The summed E-state index contributed by atoms with van der Waals surface area (Å²) in [4.78, 5) is 11.3. The van der Waals surface area contributed by atoms with Crippen molar-refractivity contribution in [2.45, 2.75) is 13.1 Å². The first-order valence-corrected chi connectivity index (χ1v) is 5.92. The van der Waals surface area contributed by atoms with Gasteiger partial charge in [0.25, 0.3) is 0 Å². The van der Waals surface area contributed by atoms with E-state index in [2.05, 4.69) is 15.5 Å². The smallest absolute Gasteiger partial charge is 0.346 e. The summed E-state index contributed by atoms with van der Waals surface area (Å²) in [6.45, 7) is 1.09. The minimum atomic E-state index is -0.878. The Morgan fingerprint density at radius 1 is 1.41 bits per heavy atom. The Morgan fingerprint density at radius 2 is 2.29 bits per heavy atom. The molecular weight excluding hydrogens is 238 g/mol. The van der Waals surface area contributed by atoms with Crippen LogP contribution in [0.25, 0.3) is 0 Å². The molecule has 0 aliphatic carbocycles. The summed E-state index contributed by atoms with van der Waals surface area (Å²) in [7, 11) is 0. The number of thiophene rings is 1. The molecule has 0 saturated carbocycles. The Kier molecular flexibility index (Phi) is 3.79. The summed E-state index contributed by atoms with van der Waals surface area (Å²) in [6.07, 6.45) is 1.62. The van der Waals surface area contributed by atoms with Crippen molar-refractivity contribution in [3.8, 4) is 0 Å².